The van der Waals surface area contributed by atoms with Crippen LogP contribution in [0.15, 0.2) is 23.6 Å². The molecule has 0 saturated carbocycles. The average molecular weight is 264 g/mol. The fourth-order valence-electron chi connectivity index (χ4n) is 1.41. The molecule has 0 fully saturated rings. The predicted molar refractivity (Wildman–Crippen MR) is 68.4 cm³/mol. The van der Waals surface area contributed by atoms with Crippen LogP contribution in [-0.2, 0) is 11.3 Å². The van der Waals surface area contributed by atoms with E-state index >= 15 is 0 Å². The van der Waals surface area contributed by atoms with Crippen molar-refractivity contribution in [2.75, 3.05) is 0 Å². The molecule has 0 bridgehead atoms. The van der Waals surface area contributed by atoms with Crippen molar-refractivity contribution in [1.29, 1.82) is 0 Å². The van der Waals surface area contributed by atoms with E-state index in [9.17, 15) is 15.0 Å². The van der Waals surface area contributed by atoms with Crippen LogP contribution in [0.5, 0.6) is 11.5 Å². The molecule has 0 aliphatic heterocycles. The van der Waals surface area contributed by atoms with Crippen molar-refractivity contribution in [3.05, 3.63) is 28.6 Å². The molecule has 0 unspecified atom stereocenters. The number of rotatable bonds is 3. The highest BCUT2D eigenvalue weighted by Crippen LogP contribution is 2.30. The molecule has 2 aromatic rings. The minimum atomic E-state index is -0.177. The molecular formula is C12H12N2O3S. The van der Waals surface area contributed by atoms with Gasteiger partial charge in [0.1, 0.15) is 5.01 Å². The summed E-state index contributed by atoms with van der Waals surface area (Å²) in [4.78, 5) is 15.1. The van der Waals surface area contributed by atoms with Crippen LogP contribution in [0.2, 0.25) is 0 Å². The molecule has 0 aliphatic rings. The number of nitrogens with zero attached hydrogens (tertiary/aromatic N) is 1. The molecule has 6 heteroatoms. The van der Waals surface area contributed by atoms with E-state index in [1.807, 2.05) is 5.38 Å². The van der Waals surface area contributed by atoms with Crippen molar-refractivity contribution in [3.8, 4) is 22.8 Å². The number of thiazole rings is 1. The molecule has 0 radical (unpaired) electrons. The first kappa shape index (κ1) is 12.4. The summed E-state index contributed by atoms with van der Waals surface area (Å²) in [5.74, 6) is -0.439. The lowest BCUT2D eigenvalue weighted by Crippen LogP contribution is -2.18. The van der Waals surface area contributed by atoms with E-state index in [4.69, 9.17) is 0 Å². The van der Waals surface area contributed by atoms with Gasteiger partial charge in [0, 0.05) is 17.9 Å². The Hall–Kier alpha value is -2.08. The third-order valence-electron chi connectivity index (χ3n) is 2.31. The van der Waals surface area contributed by atoms with Gasteiger partial charge in [0.15, 0.2) is 11.5 Å². The first-order chi connectivity index (χ1) is 8.56. The number of carbonyl (C=O) groups excluding carboxylic acids is 1. The Labute approximate surface area is 108 Å². The minimum absolute atomic E-state index is 0.103. The van der Waals surface area contributed by atoms with Crippen molar-refractivity contribution in [1.82, 2.24) is 10.3 Å². The summed E-state index contributed by atoms with van der Waals surface area (Å²) < 4.78 is 0. The molecule has 1 aromatic carbocycles. The fourth-order valence-corrected chi connectivity index (χ4v) is 2.15. The number of amides is 1. The van der Waals surface area contributed by atoms with Crippen molar-refractivity contribution >= 4 is 17.2 Å². The standard InChI is InChI=1S/C12H12N2O3S/c1-7(15)13-5-12-14-9(6-18-12)8-2-3-10(16)11(17)4-8/h2-4,6,16-17H,5H2,1H3,(H,13,15). The number of hydrogen-bond acceptors (Lipinski definition) is 5. The van der Waals surface area contributed by atoms with Crippen LogP contribution in [0.3, 0.4) is 0 Å². The second-order valence-corrected chi connectivity index (χ2v) is 4.68. The maximum Gasteiger partial charge on any atom is 0.217 e. The highest BCUT2D eigenvalue weighted by molar-refractivity contribution is 7.09. The van der Waals surface area contributed by atoms with Gasteiger partial charge in [-0.15, -0.1) is 11.3 Å². The van der Waals surface area contributed by atoms with E-state index < -0.39 is 0 Å². The third-order valence-corrected chi connectivity index (χ3v) is 3.16. The quantitative estimate of drug-likeness (QED) is 0.739. The Bertz CT molecular complexity index is 580. The molecule has 0 spiro atoms. The van der Waals surface area contributed by atoms with Gasteiger partial charge in [-0.05, 0) is 18.2 Å². The smallest absolute Gasteiger partial charge is 0.217 e. The summed E-state index contributed by atoms with van der Waals surface area (Å²) in [6.45, 7) is 1.84. The number of benzene rings is 1. The van der Waals surface area contributed by atoms with Gasteiger partial charge in [0.2, 0.25) is 5.91 Å². The van der Waals surface area contributed by atoms with Gasteiger partial charge in [-0.25, -0.2) is 4.98 Å². The molecule has 5 nitrogen and oxygen atoms in total. The molecule has 1 heterocycles. The lowest BCUT2D eigenvalue weighted by atomic mass is 10.1. The van der Waals surface area contributed by atoms with Crippen LogP contribution in [0.1, 0.15) is 11.9 Å². The maximum atomic E-state index is 10.8. The van der Waals surface area contributed by atoms with Gasteiger partial charge in [0.25, 0.3) is 0 Å². The average Bonchev–Trinajstić information content (AvgIpc) is 2.79. The number of hydrogen-bond donors (Lipinski definition) is 3. The SMILES string of the molecule is CC(=O)NCc1nc(-c2ccc(O)c(O)c2)cs1. The molecule has 18 heavy (non-hydrogen) atoms. The van der Waals surface area contributed by atoms with E-state index in [0.29, 0.717) is 12.2 Å². The van der Waals surface area contributed by atoms with Gasteiger partial charge in [-0.1, -0.05) is 0 Å². The summed E-state index contributed by atoms with van der Waals surface area (Å²) in [6, 6.07) is 4.54. The van der Waals surface area contributed by atoms with Gasteiger partial charge in [0.05, 0.1) is 12.2 Å². The lowest BCUT2D eigenvalue weighted by molar-refractivity contribution is -0.119. The molecule has 0 atom stereocenters. The minimum Gasteiger partial charge on any atom is -0.504 e. The van der Waals surface area contributed by atoms with Gasteiger partial charge in [-0.3, -0.25) is 4.79 Å². The zero-order chi connectivity index (χ0) is 13.1. The summed E-state index contributed by atoms with van der Waals surface area (Å²) >= 11 is 1.43. The first-order valence-electron chi connectivity index (χ1n) is 5.27. The topological polar surface area (TPSA) is 82.5 Å². The van der Waals surface area contributed by atoms with E-state index in [1.165, 1.54) is 30.4 Å². The molecule has 0 saturated heterocycles. The Kier molecular flexibility index (Phi) is 3.47. The normalized spacial score (nSPS) is 10.3. The van der Waals surface area contributed by atoms with Gasteiger partial charge < -0.3 is 15.5 Å². The zero-order valence-electron chi connectivity index (χ0n) is 9.67. The summed E-state index contributed by atoms with van der Waals surface area (Å²) in [5, 5.41) is 23.9. The first-order valence-corrected chi connectivity index (χ1v) is 6.15. The van der Waals surface area contributed by atoms with Crippen molar-refractivity contribution < 1.29 is 15.0 Å². The largest absolute Gasteiger partial charge is 0.504 e. The van der Waals surface area contributed by atoms with Crippen LogP contribution < -0.4 is 5.32 Å². The lowest BCUT2D eigenvalue weighted by Gasteiger charge is -2.00. The van der Waals surface area contributed by atoms with Crippen LogP contribution in [0.4, 0.5) is 0 Å². The number of aromatic hydroxyl groups is 2. The Morgan fingerprint density at radius 1 is 1.39 bits per heavy atom. The Balaban J connectivity index is 2.18. The van der Waals surface area contributed by atoms with Crippen molar-refractivity contribution in [2.24, 2.45) is 0 Å². The number of nitrogens with one attached hydrogen (secondary N) is 1. The molecular weight excluding hydrogens is 252 g/mol. The van der Waals surface area contributed by atoms with Gasteiger partial charge in [-0.2, -0.15) is 0 Å². The second-order valence-electron chi connectivity index (χ2n) is 3.74. The monoisotopic (exact) mass is 264 g/mol. The fraction of sp³-hybridized carbons (Fsp3) is 0.167. The number of phenolic OH excluding ortho intramolecular Hbond substituents is 2. The highest BCUT2D eigenvalue weighted by Gasteiger charge is 2.07. The Morgan fingerprint density at radius 3 is 2.83 bits per heavy atom. The predicted octanol–water partition coefficient (Wildman–Crippen LogP) is 1.86. The maximum absolute atomic E-state index is 10.8. The van der Waals surface area contributed by atoms with E-state index in [0.717, 1.165) is 10.6 Å². The van der Waals surface area contributed by atoms with Crippen LogP contribution in [0.25, 0.3) is 11.3 Å². The zero-order valence-corrected chi connectivity index (χ0v) is 10.5. The molecule has 2 rings (SSSR count). The van der Waals surface area contributed by atoms with Crippen LogP contribution in [0, 0.1) is 0 Å². The van der Waals surface area contributed by atoms with E-state index in [-0.39, 0.29) is 17.4 Å². The molecule has 1 amide bonds. The number of aromatic nitrogens is 1. The number of phenols is 2. The summed E-state index contributed by atoms with van der Waals surface area (Å²) in [6.07, 6.45) is 0. The molecule has 3 N–H and O–H groups in total. The molecule has 0 aliphatic carbocycles. The highest BCUT2D eigenvalue weighted by atomic mass is 32.1. The Morgan fingerprint density at radius 2 is 2.17 bits per heavy atom. The summed E-state index contributed by atoms with van der Waals surface area (Å²) in [7, 11) is 0. The molecule has 1 aromatic heterocycles. The van der Waals surface area contributed by atoms with Crippen LogP contribution >= 0.6 is 11.3 Å². The van der Waals surface area contributed by atoms with Crippen molar-refractivity contribution in [3.63, 3.8) is 0 Å². The second kappa shape index (κ2) is 5.05. The van der Waals surface area contributed by atoms with Gasteiger partial charge >= 0.3 is 0 Å². The summed E-state index contributed by atoms with van der Waals surface area (Å²) in [5.41, 5.74) is 1.42. The van der Waals surface area contributed by atoms with Crippen molar-refractivity contribution in [2.45, 2.75) is 13.5 Å². The van der Waals surface area contributed by atoms with Crippen LogP contribution in [-0.4, -0.2) is 21.1 Å². The third kappa shape index (κ3) is 2.78. The number of carbonyl (C=O) groups is 1. The molecule has 94 valence electrons. The van der Waals surface area contributed by atoms with E-state index in [2.05, 4.69) is 10.3 Å². The van der Waals surface area contributed by atoms with E-state index in [1.54, 1.807) is 6.07 Å².